The molecule has 0 spiro atoms. The monoisotopic (exact) mass is 448 g/mol. The Kier molecular flexibility index (Phi) is 6.77. The standard InChI is InChI=1S/C24H28N6OS/c1-2-9-26-23(5-1)29-16-14-28(15-17-29)11-3-4-18-31-20-7-12-30(13-8-20)24-27-21-19-25-10-6-22(21)32-24/h1-2,5-6,9-10,19-20H,7-8,11-18H2. The number of nitrogens with zero attached hydrogens (tertiary/aromatic N) is 6. The van der Waals surface area contributed by atoms with Gasteiger partial charge >= 0.3 is 0 Å². The van der Waals surface area contributed by atoms with E-state index in [2.05, 4.69) is 42.6 Å². The second-order valence-corrected chi connectivity index (χ2v) is 9.15. The highest BCUT2D eigenvalue weighted by Crippen LogP contribution is 2.30. The number of piperazine rings is 1. The lowest BCUT2D eigenvalue weighted by atomic mass is 10.1. The first-order chi connectivity index (χ1) is 15.8. The van der Waals surface area contributed by atoms with E-state index in [1.165, 1.54) is 4.70 Å². The summed E-state index contributed by atoms with van der Waals surface area (Å²) in [5.41, 5.74) is 0.985. The molecule has 0 radical (unpaired) electrons. The van der Waals surface area contributed by atoms with Crippen LogP contribution in [0.3, 0.4) is 0 Å². The van der Waals surface area contributed by atoms with Crippen molar-refractivity contribution in [2.24, 2.45) is 0 Å². The van der Waals surface area contributed by atoms with E-state index in [9.17, 15) is 0 Å². The molecule has 3 aromatic heterocycles. The molecule has 3 aromatic rings. The van der Waals surface area contributed by atoms with Gasteiger partial charge in [0.2, 0.25) is 0 Å². The van der Waals surface area contributed by atoms with Crippen molar-refractivity contribution in [2.75, 3.05) is 62.2 Å². The van der Waals surface area contributed by atoms with E-state index in [1.54, 1.807) is 11.3 Å². The summed E-state index contributed by atoms with van der Waals surface area (Å²) in [7, 11) is 0. The van der Waals surface area contributed by atoms with Crippen LogP contribution in [0.15, 0.2) is 42.9 Å². The summed E-state index contributed by atoms with van der Waals surface area (Å²) in [6, 6.07) is 8.11. The van der Waals surface area contributed by atoms with Gasteiger partial charge in [0, 0.05) is 51.7 Å². The number of aromatic nitrogens is 3. The summed E-state index contributed by atoms with van der Waals surface area (Å²) in [6.07, 6.45) is 7.85. The molecular formula is C24H28N6OS. The van der Waals surface area contributed by atoms with Gasteiger partial charge < -0.3 is 14.5 Å². The van der Waals surface area contributed by atoms with Crippen LogP contribution in [0.4, 0.5) is 10.9 Å². The molecule has 2 aliphatic heterocycles. The number of hydrogen-bond acceptors (Lipinski definition) is 8. The van der Waals surface area contributed by atoms with Gasteiger partial charge in [-0.15, -0.1) is 0 Å². The van der Waals surface area contributed by atoms with Gasteiger partial charge in [-0.05, 0) is 31.0 Å². The first kappa shape index (κ1) is 21.1. The predicted molar refractivity (Wildman–Crippen MR) is 129 cm³/mol. The zero-order chi connectivity index (χ0) is 21.6. The highest BCUT2D eigenvalue weighted by Gasteiger charge is 2.22. The maximum atomic E-state index is 6.03. The molecule has 8 heteroatoms. The van der Waals surface area contributed by atoms with E-state index in [0.29, 0.717) is 12.7 Å². The average molecular weight is 449 g/mol. The molecule has 0 aliphatic carbocycles. The van der Waals surface area contributed by atoms with E-state index in [-0.39, 0.29) is 0 Å². The predicted octanol–water partition coefficient (Wildman–Crippen LogP) is 2.90. The average Bonchev–Trinajstić information content (AvgIpc) is 3.30. The Balaban J connectivity index is 0.997. The summed E-state index contributed by atoms with van der Waals surface area (Å²) in [5, 5.41) is 1.09. The van der Waals surface area contributed by atoms with E-state index in [0.717, 1.165) is 75.1 Å². The van der Waals surface area contributed by atoms with E-state index in [4.69, 9.17) is 9.72 Å². The molecule has 2 aliphatic rings. The number of pyridine rings is 2. The molecule has 5 rings (SSSR count). The number of piperidine rings is 1. The van der Waals surface area contributed by atoms with Crippen molar-refractivity contribution in [1.82, 2.24) is 19.9 Å². The van der Waals surface area contributed by atoms with E-state index < -0.39 is 0 Å². The molecule has 2 saturated heterocycles. The van der Waals surface area contributed by atoms with Gasteiger partial charge in [0.15, 0.2) is 5.13 Å². The highest BCUT2D eigenvalue weighted by atomic mass is 32.1. The van der Waals surface area contributed by atoms with E-state index in [1.807, 2.05) is 36.8 Å². The van der Waals surface area contributed by atoms with Gasteiger partial charge in [-0.25, -0.2) is 9.97 Å². The lowest BCUT2D eigenvalue weighted by Gasteiger charge is -2.34. The van der Waals surface area contributed by atoms with Gasteiger partial charge in [-0.3, -0.25) is 9.88 Å². The molecule has 0 bridgehead atoms. The molecule has 32 heavy (non-hydrogen) atoms. The minimum atomic E-state index is 0.290. The van der Waals surface area contributed by atoms with Crippen LogP contribution in [-0.4, -0.2) is 78.4 Å². The zero-order valence-corrected chi connectivity index (χ0v) is 19.0. The van der Waals surface area contributed by atoms with Crippen LogP contribution in [0, 0.1) is 11.8 Å². The molecule has 166 valence electrons. The number of ether oxygens (including phenoxy) is 1. The van der Waals surface area contributed by atoms with E-state index >= 15 is 0 Å². The fourth-order valence-corrected chi connectivity index (χ4v) is 5.16. The summed E-state index contributed by atoms with van der Waals surface area (Å²) < 4.78 is 7.22. The quantitative estimate of drug-likeness (QED) is 0.556. The minimum absolute atomic E-state index is 0.290. The Morgan fingerprint density at radius 2 is 1.84 bits per heavy atom. The van der Waals surface area contributed by atoms with Crippen molar-refractivity contribution < 1.29 is 4.74 Å². The van der Waals surface area contributed by atoms with Crippen molar-refractivity contribution in [3.05, 3.63) is 42.9 Å². The van der Waals surface area contributed by atoms with Gasteiger partial charge in [-0.2, -0.15) is 0 Å². The number of anilines is 2. The van der Waals surface area contributed by atoms with Crippen LogP contribution in [0.1, 0.15) is 12.8 Å². The maximum absolute atomic E-state index is 6.03. The van der Waals surface area contributed by atoms with Crippen LogP contribution < -0.4 is 9.80 Å². The van der Waals surface area contributed by atoms with Crippen molar-refractivity contribution in [1.29, 1.82) is 0 Å². The third-order valence-corrected chi connectivity index (χ3v) is 7.15. The van der Waals surface area contributed by atoms with Crippen LogP contribution in [-0.2, 0) is 4.74 Å². The number of rotatable bonds is 5. The SMILES string of the molecule is C(#CCN1CCN(c2ccccn2)CC1)COC1CCN(c2nc3cnccc3s2)CC1. The molecule has 0 N–H and O–H groups in total. The van der Waals surface area contributed by atoms with Crippen LogP contribution >= 0.6 is 11.3 Å². The molecule has 0 atom stereocenters. The van der Waals surface area contributed by atoms with Gasteiger partial charge in [-0.1, -0.05) is 29.2 Å². The number of thiazole rings is 1. The first-order valence-corrected chi connectivity index (χ1v) is 12.1. The fraction of sp³-hybridized carbons (Fsp3) is 0.458. The third kappa shape index (κ3) is 5.18. The second kappa shape index (κ2) is 10.3. The summed E-state index contributed by atoms with van der Waals surface area (Å²) in [5.74, 6) is 7.57. The van der Waals surface area contributed by atoms with Gasteiger partial charge in [0.1, 0.15) is 17.9 Å². The molecule has 5 heterocycles. The summed E-state index contributed by atoms with van der Waals surface area (Å²) in [6.45, 7) is 7.32. The fourth-order valence-electron chi connectivity index (χ4n) is 4.17. The highest BCUT2D eigenvalue weighted by molar-refractivity contribution is 7.22. The first-order valence-electron chi connectivity index (χ1n) is 11.3. The molecule has 0 saturated carbocycles. The lowest BCUT2D eigenvalue weighted by Crippen LogP contribution is -2.46. The van der Waals surface area contributed by atoms with Gasteiger partial charge in [0.05, 0.1) is 23.5 Å². The molecule has 0 amide bonds. The maximum Gasteiger partial charge on any atom is 0.186 e. The van der Waals surface area contributed by atoms with Crippen LogP contribution in [0.25, 0.3) is 10.2 Å². The van der Waals surface area contributed by atoms with Crippen molar-refractivity contribution in [2.45, 2.75) is 18.9 Å². The Morgan fingerprint density at radius 3 is 2.62 bits per heavy atom. The Hall–Kier alpha value is -2.73. The second-order valence-electron chi connectivity index (χ2n) is 8.14. The van der Waals surface area contributed by atoms with Crippen molar-refractivity contribution in [3.8, 4) is 11.8 Å². The number of fused-ring (bicyclic) bond motifs is 1. The molecule has 7 nitrogen and oxygen atoms in total. The Morgan fingerprint density at radius 1 is 0.969 bits per heavy atom. The van der Waals surface area contributed by atoms with Crippen LogP contribution in [0.2, 0.25) is 0 Å². The molecule has 0 unspecified atom stereocenters. The smallest absolute Gasteiger partial charge is 0.186 e. The number of hydrogen-bond donors (Lipinski definition) is 0. The molecule has 0 aromatic carbocycles. The third-order valence-electron chi connectivity index (χ3n) is 6.06. The summed E-state index contributed by atoms with van der Waals surface area (Å²) >= 11 is 1.74. The topological polar surface area (TPSA) is 57.6 Å². The Labute approximate surface area is 193 Å². The molecule has 2 fully saturated rings. The lowest BCUT2D eigenvalue weighted by molar-refractivity contribution is 0.0594. The summed E-state index contributed by atoms with van der Waals surface area (Å²) in [4.78, 5) is 20.4. The van der Waals surface area contributed by atoms with Gasteiger partial charge in [0.25, 0.3) is 0 Å². The Bertz CT molecular complexity index is 1030. The van der Waals surface area contributed by atoms with Crippen molar-refractivity contribution >= 4 is 32.5 Å². The normalized spacial score (nSPS) is 18.0. The zero-order valence-electron chi connectivity index (χ0n) is 18.2. The van der Waals surface area contributed by atoms with Crippen LogP contribution in [0.5, 0.6) is 0 Å². The van der Waals surface area contributed by atoms with Crippen molar-refractivity contribution in [3.63, 3.8) is 0 Å². The largest absolute Gasteiger partial charge is 0.365 e. The molecular weight excluding hydrogens is 420 g/mol. The minimum Gasteiger partial charge on any atom is -0.365 e.